The van der Waals surface area contributed by atoms with Crippen LogP contribution in [0.25, 0.3) is 6.08 Å². The SMILES string of the molecule is N#CC1(C#N)[C@@H]2C=Cc3ccccc3N2[C@H](C(=O)C2CC2)[C@@H]1c1ccc(Cl)cc1. The Labute approximate surface area is 174 Å². The van der Waals surface area contributed by atoms with Gasteiger partial charge in [0, 0.05) is 22.5 Å². The van der Waals surface area contributed by atoms with Gasteiger partial charge in [0.15, 0.2) is 11.2 Å². The van der Waals surface area contributed by atoms with Crippen LogP contribution in [0.15, 0.2) is 54.6 Å². The number of ketones is 1. The molecule has 0 bridgehead atoms. The van der Waals surface area contributed by atoms with E-state index in [2.05, 4.69) is 12.1 Å². The Bertz CT molecular complexity index is 1090. The van der Waals surface area contributed by atoms with Crippen LogP contribution in [-0.2, 0) is 4.79 Å². The number of nitriles is 2. The highest BCUT2D eigenvalue weighted by Crippen LogP contribution is 2.56. The number of nitrogens with zero attached hydrogens (tertiary/aromatic N) is 3. The van der Waals surface area contributed by atoms with Gasteiger partial charge in [0.05, 0.1) is 24.2 Å². The second-order valence-electron chi connectivity index (χ2n) is 8.01. The number of benzene rings is 2. The fourth-order valence-corrected chi connectivity index (χ4v) is 5.04. The van der Waals surface area contributed by atoms with Gasteiger partial charge in [0.25, 0.3) is 0 Å². The second-order valence-corrected chi connectivity index (χ2v) is 8.45. The van der Waals surface area contributed by atoms with E-state index in [1.54, 1.807) is 12.1 Å². The predicted molar refractivity (Wildman–Crippen MR) is 111 cm³/mol. The Kier molecular flexibility index (Phi) is 4.02. The number of para-hydroxylation sites is 1. The summed E-state index contributed by atoms with van der Waals surface area (Å²) in [6.45, 7) is 0. The lowest BCUT2D eigenvalue weighted by Gasteiger charge is -2.35. The van der Waals surface area contributed by atoms with Gasteiger partial charge < -0.3 is 4.90 Å². The summed E-state index contributed by atoms with van der Waals surface area (Å²) in [4.78, 5) is 15.6. The van der Waals surface area contributed by atoms with E-state index >= 15 is 0 Å². The third kappa shape index (κ3) is 2.53. The normalized spacial score (nSPS) is 26.2. The van der Waals surface area contributed by atoms with Crippen LogP contribution in [0.4, 0.5) is 5.69 Å². The van der Waals surface area contributed by atoms with Crippen molar-refractivity contribution in [1.82, 2.24) is 0 Å². The lowest BCUT2D eigenvalue weighted by Crippen LogP contribution is -2.44. The molecule has 5 heteroatoms. The topological polar surface area (TPSA) is 67.9 Å². The van der Waals surface area contributed by atoms with Crippen LogP contribution in [0.1, 0.15) is 29.9 Å². The van der Waals surface area contributed by atoms with E-state index in [0.717, 1.165) is 29.7 Å². The van der Waals surface area contributed by atoms with E-state index in [1.165, 1.54) is 0 Å². The van der Waals surface area contributed by atoms with Gasteiger partial charge >= 0.3 is 0 Å². The summed E-state index contributed by atoms with van der Waals surface area (Å²) < 4.78 is 0. The first-order valence-electron chi connectivity index (χ1n) is 9.78. The van der Waals surface area contributed by atoms with Crippen molar-refractivity contribution in [1.29, 1.82) is 10.5 Å². The first-order valence-corrected chi connectivity index (χ1v) is 10.2. The first kappa shape index (κ1) is 18.0. The molecule has 1 aliphatic carbocycles. The van der Waals surface area contributed by atoms with E-state index in [0.29, 0.717) is 5.02 Å². The molecule has 0 spiro atoms. The zero-order chi connectivity index (χ0) is 20.2. The Morgan fingerprint density at radius 1 is 1.07 bits per heavy atom. The van der Waals surface area contributed by atoms with Crippen molar-refractivity contribution >= 4 is 29.1 Å². The molecule has 29 heavy (non-hydrogen) atoms. The largest absolute Gasteiger partial charge is 0.351 e. The van der Waals surface area contributed by atoms with Gasteiger partial charge in [0.2, 0.25) is 0 Å². The first-order chi connectivity index (χ1) is 14.1. The van der Waals surface area contributed by atoms with Crippen LogP contribution in [0.3, 0.4) is 0 Å². The minimum Gasteiger partial charge on any atom is -0.351 e. The van der Waals surface area contributed by atoms with E-state index in [9.17, 15) is 15.3 Å². The summed E-state index contributed by atoms with van der Waals surface area (Å²) >= 11 is 6.09. The molecule has 2 aliphatic heterocycles. The Morgan fingerprint density at radius 2 is 1.76 bits per heavy atom. The fourth-order valence-electron chi connectivity index (χ4n) is 4.91. The van der Waals surface area contributed by atoms with Gasteiger partial charge in [-0.2, -0.15) is 10.5 Å². The van der Waals surface area contributed by atoms with Gasteiger partial charge in [-0.1, -0.05) is 54.1 Å². The molecule has 0 radical (unpaired) electrons. The van der Waals surface area contributed by atoms with Gasteiger partial charge in [-0.05, 0) is 42.2 Å². The monoisotopic (exact) mass is 399 g/mol. The van der Waals surface area contributed by atoms with E-state index in [1.807, 2.05) is 53.5 Å². The third-order valence-corrected chi connectivity index (χ3v) is 6.67. The van der Waals surface area contributed by atoms with Gasteiger partial charge in [-0.25, -0.2) is 0 Å². The molecule has 0 aromatic heterocycles. The van der Waals surface area contributed by atoms with Gasteiger partial charge in [-0.15, -0.1) is 0 Å². The second kappa shape index (κ2) is 6.48. The number of Topliss-reactive ketones (excluding diaryl/α,β-unsaturated/α-hetero) is 1. The van der Waals surface area contributed by atoms with Crippen molar-refractivity contribution < 1.29 is 4.79 Å². The highest BCUT2D eigenvalue weighted by Gasteiger charge is 2.64. The summed E-state index contributed by atoms with van der Waals surface area (Å²) in [5, 5.41) is 21.1. The molecule has 142 valence electrons. The molecule has 4 nitrogen and oxygen atoms in total. The quantitative estimate of drug-likeness (QED) is 0.748. The minimum atomic E-state index is -1.37. The summed E-state index contributed by atoms with van der Waals surface area (Å²) in [7, 11) is 0. The number of rotatable bonds is 3. The Balaban J connectivity index is 1.76. The summed E-state index contributed by atoms with van der Waals surface area (Å²) in [5.41, 5.74) is 1.34. The zero-order valence-electron chi connectivity index (χ0n) is 15.6. The predicted octanol–water partition coefficient (Wildman–Crippen LogP) is 4.72. The third-order valence-electron chi connectivity index (χ3n) is 6.42. The average Bonchev–Trinajstić information content (AvgIpc) is 3.56. The molecule has 0 amide bonds. The van der Waals surface area contributed by atoms with Crippen molar-refractivity contribution in [2.24, 2.45) is 11.3 Å². The number of carbonyl (C=O) groups excluding carboxylic acids is 1. The number of fused-ring (bicyclic) bond motifs is 3. The highest BCUT2D eigenvalue weighted by molar-refractivity contribution is 6.30. The maximum Gasteiger partial charge on any atom is 0.176 e. The number of anilines is 1. The number of hydrogen-bond donors (Lipinski definition) is 0. The molecule has 1 saturated carbocycles. The minimum absolute atomic E-state index is 0.0155. The zero-order valence-corrected chi connectivity index (χ0v) is 16.4. The molecule has 2 fully saturated rings. The van der Waals surface area contributed by atoms with Gasteiger partial charge in [-0.3, -0.25) is 4.79 Å². The Hall–Kier alpha value is -3.08. The maximum absolute atomic E-state index is 13.5. The molecule has 3 aliphatic rings. The summed E-state index contributed by atoms with van der Waals surface area (Å²) in [6.07, 6.45) is 5.64. The van der Waals surface area contributed by atoms with Crippen LogP contribution in [-0.4, -0.2) is 17.9 Å². The molecule has 1 saturated heterocycles. The standard InChI is InChI=1S/C24H18ClN3O/c25-18-10-7-16(8-11-18)21-22(23(29)17-5-6-17)28-19-4-2-1-3-15(19)9-12-20(28)24(21,13-26)14-27/h1-4,7-12,17,20-22H,5-6H2/t20-,21-,22-/m0/s1. The molecule has 2 aromatic rings. The van der Waals surface area contributed by atoms with E-state index in [-0.39, 0.29) is 11.7 Å². The van der Waals surface area contributed by atoms with Crippen molar-refractivity contribution in [2.45, 2.75) is 30.8 Å². The summed E-state index contributed by atoms with van der Waals surface area (Å²) in [5.74, 6) is -0.405. The molecule has 3 atom stereocenters. The van der Waals surface area contributed by atoms with Crippen LogP contribution in [0.2, 0.25) is 5.02 Å². The highest BCUT2D eigenvalue weighted by atomic mass is 35.5. The number of carbonyl (C=O) groups is 1. The molecular formula is C24H18ClN3O. The molecule has 2 aromatic carbocycles. The fraction of sp³-hybridized carbons (Fsp3) is 0.292. The van der Waals surface area contributed by atoms with E-state index < -0.39 is 23.4 Å². The molecule has 2 heterocycles. The average molecular weight is 400 g/mol. The maximum atomic E-state index is 13.5. The molecule has 5 rings (SSSR count). The molecular weight excluding hydrogens is 382 g/mol. The molecule has 0 N–H and O–H groups in total. The van der Waals surface area contributed by atoms with Crippen LogP contribution < -0.4 is 4.90 Å². The number of hydrogen-bond acceptors (Lipinski definition) is 4. The van der Waals surface area contributed by atoms with Crippen molar-refractivity contribution in [2.75, 3.05) is 4.90 Å². The Morgan fingerprint density at radius 3 is 2.41 bits per heavy atom. The van der Waals surface area contributed by atoms with Crippen molar-refractivity contribution in [3.8, 4) is 12.1 Å². The van der Waals surface area contributed by atoms with Gasteiger partial charge in [0.1, 0.15) is 0 Å². The lowest BCUT2D eigenvalue weighted by atomic mass is 9.69. The van der Waals surface area contributed by atoms with Crippen LogP contribution in [0, 0.1) is 34.0 Å². The smallest absolute Gasteiger partial charge is 0.176 e. The molecule has 0 unspecified atom stereocenters. The van der Waals surface area contributed by atoms with Crippen molar-refractivity contribution in [3.63, 3.8) is 0 Å². The summed E-state index contributed by atoms with van der Waals surface area (Å²) in [6, 6.07) is 18.7. The van der Waals surface area contributed by atoms with Crippen LogP contribution >= 0.6 is 11.6 Å². The number of halogens is 1. The van der Waals surface area contributed by atoms with Crippen molar-refractivity contribution in [3.05, 3.63) is 70.8 Å². The van der Waals surface area contributed by atoms with Crippen LogP contribution in [0.5, 0.6) is 0 Å². The van der Waals surface area contributed by atoms with E-state index in [4.69, 9.17) is 11.6 Å². The lowest BCUT2D eigenvalue weighted by molar-refractivity contribution is -0.121.